The molecule has 5 nitrogen and oxygen atoms in total. The van der Waals surface area contributed by atoms with Crippen LogP contribution in [-0.4, -0.2) is 26.2 Å². The molecule has 1 aromatic carbocycles. The zero-order valence-corrected chi connectivity index (χ0v) is 12.3. The summed E-state index contributed by atoms with van der Waals surface area (Å²) in [6.45, 7) is -0.269. The van der Waals surface area contributed by atoms with Crippen molar-refractivity contribution in [1.29, 1.82) is 0 Å². The normalized spacial score (nSPS) is 13.2. The minimum Gasteiger partial charge on any atom is -0.398 e. The molecule has 0 aliphatic heterocycles. The first-order chi connectivity index (χ1) is 9.51. The van der Waals surface area contributed by atoms with Crippen molar-refractivity contribution in [3.05, 3.63) is 47.3 Å². The molecular formula is C13H16N2O3S2. The van der Waals surface area contributed by atoms with Crippen LogP contribution in [0.25, 0.3) is 0 Å². The van der Waals surface area contributed by atoms with Crippen molar-refractivity contribution in [3.63, 3.8) is 0 Å². The maximum absolute atomic E-state index is 12.1. The van der Waals surface area contributed by atoms with E-state index in [1.807, 2.05) is 30.3 Å². The first-order valence-corrected chi connectivity index (χ1v) is 8.38. The molecule has 1 aromatic heterocycles. The minimum atomic E-state index is -3.64. The van der Waals surface area contributed by atoms with E-state index >= 15 is 0 Å². The summed E-state index contributed by atoms with van der Waals surface area (Å²) in [6.07, 6.45) is 0.428. The zero-order chi connectivity index (χ0) is 14.6. The number of sulfonamides is 1. The molecule has 20 heavy (non-hydrogen) atoms. The Morgan fingerprint density at radius 2 is 2.00 bits per heavy atom. The molecular weight excluding hydrogens is 296 g/mol. The number of nitrogen functional groups attached to an aromatic ring is 1. The summed E-state index contributed by atoms with van der Waals surface area (Å²) >= 11 is 1.06. The van der Waals surface area contributed by atoms with E-state index in [-0.39, 0.29) is 10.8 Å². The molecule has 0 saturated heterocycles. The Hall–Kier alpha value is -1.41. The second kappa shape index (κ2) is 6.36. The highest BCUT2D eigenvalue weighted by Gasteiger charge is 2.21. The Kier molecular flexibility index (Phi) is 4.77. The van der Waals surface area contributed by atoms with Crippen molar-refractivity contribution < 1.29 is 13.5 Å². The summed E-state index contributed by atoms with van der Waals surface area (Å²) < 4.78 is 26.9. The fourth-order valence-corrected chi connectivity index (χ4v) is 4.11. The molecule has 0 aliphatic rings. The molecule has 0 bridgehead atoms. The van der Waals surface area contributed by atoms with Gasteiger partial charge in [0.05, 0.1) is 6.61 Å². The van der Waals surface area contributed by atoms with Crippen molar-refractivity contribution in [3.8, 4) is 0 Å². The summed E-state index contributed by atoms with van der Waals surface area (Å²) in [5.41, 5.74) is 6.90. The number of nitrogens with one attached hydrogen (secondary N) is 1. The molecule has 0 unspecified atom stereocenters. The number of aliphatic hydroxyl groups is 1. The van der Waals surface area contributed by atoms with Crippen molar-refractivity contribution in [2.75, 3.05) is 12.3 Å². The summed E-state index contributed by atoms with van der Waals surface area (Å²) in [7, 11) is -3.64. The molecule has 0 radical (unpaired) electrons. The molecule has 0 fully saturated rings. The highest BCUT2D eigenvalue weighted by Crippen LogP contribution is 2.21. The van der Waals surface area contributed by atoms with E-state index in [9.17, 15) is 13.5 Å². The van der Waals surface area contributed by atoms with E-state index < -0.39 is 16.1 Å². The van der Waals surface area contributed by atoms with Crippen molar-refractivity contribution >= 4 is 27.0 Å². The predicted octanol–water partition coefficient (Wildman–Crippen LogP) is 1.21. The third-order valence-corrected chi connectivity index (χ3v) is 5.71. The number of nitrogens with two attached hydrogens (primary N) is 1. The minimum absolute atomic E-state index is 0.154. The number of rotatable bonds is 6. The number of aliphatic hydroxyl groups excluding tert-OH is 1. The summed E-state index contributed by atoms with van der Waals surface area (Å²) in [4.78, 5) is 0. The monoisotopic (exact) mass is 312 g/mol. The molecule has 2 rings (SSSR count). The Bertz CT molecular complexity index is 653. The molecule has 1 atom stereocenters. The molecule has 2 aromatic rings. The van der Waals surface area contributed by atoms with Gasteiger partial charge in [-0.25, -0.2) is 13.1 Å². The Morgan fingerprint density at radius 1 is 1.30 bits per heavy atom. The second-order valence-corrected chi connectivity index (χ2v) is 7.24. The van der Waals surface area contributed by atoms with Gasteiger partial charge in [-0.3, -0.25) is 0 Å². The molecule has 0 amide bonds. The quantitative estimate of drug-likeness (QED) is 0.747. The molecule has 7 heteroatoms. The number of hydrogen-bond acceptors (Lipinski definition) is 5. The molecule has 1 heterocycles. The zero-order valence-electron chi connectivity index (χ0n) is 10.7. The van der Waals surface area contributed by atoms with Gasteiger partial charge in [0.15, 0.2) is 0 Å². The van der Waals surface area contributed by atoms with E-state index in [0.29, 0.717) is 12.1 Å². The standard InChI is InChI=1S/C13H16N2O3S2/c14-11-7-13(19-9-11)20(17,18)15-12(8-16)6-10-4-2-1-3-5-10/h1-5,7,9,12,15-16H,6,8,14H2/t12-/m1/s1. The smallest absolute Gasteiger partial charge is 0.250 e. The lowest BCUT2D eigenvalue weighted by Gasteiger charge is -2.15. The van der Waals surface area contributed by atoms with Crippen LogP contribution < -0.4 is 10.5 Å². The Morgan fingerprint density at radius 3 is 2.55 bits per heavy atom. The summed E-state index contributed by atoms with van der Waals surface area (Å²) in [5.74, 6) is 0. The molecule has 0 saturated carbocycles. The van der Waals surface area contributed by atoms with Gasteiger partial charge >= 0.3 is 0 Å². The predicted molar refractivity (Wildman–Crippen MR) is 80.1 cm³/mol. The molecule has 4 N–H and O–H groups in total. The SMILES string of the molecule is Nc1csc(S(=O)(=O)N[C@@H](CO)Cc2ccccc2)c1. The van der Waals surface area contributed by atoms with Crippen LogP contribution in [0.4, 0.5) is 5.69 Å². The molecule has 0 spiro atoms. The van der Waals surface area contributed by atoms with Crippen LogP contribution in [0.15, 0.2) is 46.0 Å². The molecule has 108 valence electrons. The third kappa shape index (κ3) is 3.80. The van der Waals surface area contributed by atoms with Gasteiger partial charge in [0, 0.05) is 17.1 Å². The summed E-state index contributed by atoms with van der Waals surface area (Å²) in [5, 5.41) is 10.9. The van der Waals surface area contributed by atoms with E-state index in [4.69, 9.17) is 5.73 Å². The van der Waals surface area contributed by atoms with Crippen LogP contribution in [0, 0.1) is 0 Å². The fraction of sp³-hybridized carbons (Fsp3) is 0.231. The van der Waals surface area contributed by atoms with Gasteiger partial charge in [0.1, 0.15) is 4.21 Å². The van der Waals surface area contributed by atoms with Gasteiger partial charge in [-0.1, -0.05) is 30.3 Å². The van der Waals surface area contributed by atoms with Gasteiger partial charge in [-0.05, 0) is 18.1 Å². The van der Waals surface area contributed by atoms with Gasteiger partial charge < -0.3 is 10.8 Å². The van der Waals surface area contributed by atoms with Crippen LogP contribution in [0.2, 0.25) is 0 Å². The van der Waals surface area contributed by atoms with Crippen molar-refractivity contribution in [2.24, 2.45) is 0 Å². The maximum Gasteiger partial charge on any atom is 0.250 e. The number of benzene rings is 1. The summed E-state index contributed by atoms with van der Waals surface area (Å²) in [6, 6.07) is 10.3. The largest absolute Gasteiger partial charge is 0.398 e. The Labute approximate surface area is 122 Å². The molecule has 0 aliphatic carbocycles. The van der Waals surface area contributed by atoms with Gasteiger partial charge in [-0.2, -0.15) is 0 Å². The van der Waals surface area contributed by atoms with Crippen molar-refractivity contribution in [1.82, 2.24) is 4.72 Å². The third-order valence-electron chi connectivity index (χ3n) is 2.73. The van der Waals surface area contributed by atoms with Gasteiger partial charge in [0.2, 0.25) is 10.0 Å². The number of anilines is 1. The highest BCUT2D eigenvalue weighted by atomic mass is 32.2. The lowest BCUT2D eigenvalue weighted by atomic mass is 10.1. The Balaban J connectivity index is 2.10. The average Bonchev–Trinajstić information content (AvgIpc) is 2.86. The van der Waals surface area contributed by atoms with E-state index in [0.717, 1.165) is 16.9 Å². The van der Waals surface area contributed by atoms with E-state index in [2.05, 4.69) is 4.72 Å². The van der Waals surface area contributed by atoms with Crippen LogP contribution in [0.5, 0.6) is 0 Å². The van der Waals surface area contributed by atoms with Crippen LogP contribution >= 0.6 is 11.3 Å². The maximum atomic E-state index is 12.1. The van der Waals surface area contributed by atoms with Crippen molar-refractivity contribution in [2.45, 2.75) is 16.7 Å². The van der Waals surface area contributed by atoms with Gasteiger partial charge in [0.25, 0.3) is 0 Å². The van der Waals surface area contributed by atoms with E-state index in [1.165, 1.54) is 6.07 Å². The van der Waals surface area contributed by atoms with Gasteiger partial charge in [-0.15, -0.1) is 11.3 Å². The van der Waals surface area contributed by atoms with Crippen LogP contribution in [0.1, 0.15) is 5.56 Å². The topological polar surface area (TPSA) is 92.4 Å². The first kappa shape index (κ1) is 15.0. The number of hydrogen-bond donors (Lipinski definition) is 3. The number of thiophene rings is 1. The lowest BCUT2D eigenvalue weighted by Crippen LogP contribution is -2.38. The fourth-order valence-electron chi connectivity index (χ4n) is 1.79. The van der Waals surface area contributed by atoms with Crippen LogP contribution in [0.3, 0.4) is 0 Å². The van der Waals surface area contributed by atoms with Crippen LogP contribution in [-0.2, 0) is 16.4 Å². The average molecular weight is 312 g/mol. The second-order valence-electron chi connectivity index (χ2n) is 4.39. The highest BCUT2D eigenvalue weighted by molar-refractivity contribution is 7.91. The lowest BCUT2D eigenvalue weighted by molar-refractivity contribution is 0.256. The van der Waals surface area contributed by atoms with E-state index in [1.54, 1.807) is 5.38 Å². The first-order valence-electron chi connectivity index (χ1n) is 6.02.